The summed E-state index contributed by atoms with van der Waals surface area (Å²) in [4.78, 5) is 16.8. The molecular weight excluding hydrogens is 460 g/mol. The molecule has 9 heteroatoms. The first-order valence-electron chi connectivity index (χ1n) is 12.2. The zero-order valence-corrected chi connectivity index (χ0v) is 20.9. The van der Waals surface area contributed by atoms with E-state index in [1.165, 1.54) is 11.1 Å². The molecule has 9 nitrogen and oxygen atoms in total. The van der Waals surface area contributed by atoms with Crippen LogP contribution in [0.3, 0.4) is 0 Å². The third-order valence-electron chi connectivity index (χ3n) is 7.11. The maximum absolute atomic E-state index is 12.7. The zero-order valence-electron chi connectivity index (χ0n) is 20.9. The van der Waals surface area contributed by atoms with Gasteiger partial charge >= 0.3 is 11.8 Å². The van der Waals surface area contributed by atoms with Gasteiger partial charge in [0.2, 0.25) is 5.89 Å². The second-order valence-corrected chi connectivity index (χ2v) is 10.1. The van der Waals surface area contributed by atoms with Crippen molar-refractivity contribution >= 4 is 5.91 Å². The van der Waals surface area contributed by atoms with E-state index in [0.29, 0.717) is 19.0 Å². The molecule has 0 bridgehead atoms. The van der Waals surface area contributed by atoms with E-state index in [1.54, 1.807) is 36.3 Å². The summed E-state index contributed by atoms with van der Waals surface area (Å²) in [6, 6.07) is 13.4. The van der Waals surface area contributed by atoms with Gasteiger partial charge in [-0.25, -0.2) is 0 Å². The number of aromatic nitrogens is 2. The molecular formula is C27H32N4O5. The number of nitrogens with zero attached hydrogens (tertiary/aromatic N) is 4. The Morgan fingerprint density at radius 3 is 2.58 bits per heavy atom. The van der Waals surface area contributed by atoms with Crippen LogP contribution in [0.25, 0.3) is 11.5 Å². The van der Waals surface area contributed by atoms with E-state index in [-0.39, 0.29) is 29.9 Å². The number of aliphatic hydroxyl groups excluding tert-OH is 1. The molecule has 36 heavy (non-hydrogen) atoms. The van der Waals surface area contributed by atoms with Crippen LogP contribution in [0.4, 0.5) is 0 Å². The van der Waals surface area contributed by atoms with Crippen molar-refractivity contribution in [1.29, 1.82) is 0 Å². The lowest BCUT2D eigenvalue weighted by Crippen LogP contribution is -2.56. The van der Waals surface area contributed by atoms with Crippen LogP contribution in [-0.2, 0) is 6.54 Å². The molecule has 3 heterocycles. The van der Waals surface area contributed by atoms with Crippen LogP contribution in [0.1, 0.15) is 35.2 Å². The lowest BCUT2D eigenvalue weighted by atomic mass is 9.91. The molecule has 2 aromatic carbocycles. The first-order chi connectivity index (χ1) is 17.4. The highest BCUT2D eigenvalue weighted by Crippen LogP contribution is 2.31. The molecule has 1 atom stereocenters. The summed E-state index contributed by atoms with van der Waals surface area (Å²) < 4.78 is 16.9. The molecule has 3 aromatic rings. The molecule has 2 saturated heterocycles. The molecule has 2 aliphatic rings. The molecule has 0 radical (unpaired) electrons. The molecule has 1 unspecified atom stereocenters. The number of hydrogen-bond acceptors (Lipinski definition) is 8. The first-order valence-corrected chi connectivity index (χ1v) is 12.2. The standard InChI is InChI=1S/C27H32N4O5/c1-18-12-22(9-6-20(18)13-30-11-10-27(2,16-30)17-32)35-23-14-31(15-23)26(33)25-29-28-24(36-25)19-4-7-21(34-3)8-5-19/h4-9,12,23,32H,10-11,13-17H2,1-3H3. The minimum atomic E-state index is -0.297. The van der Waals surface area contributed by atoms with Gasteiger partial charge < -0.3 is 23.9 Å². The molecule has 190 valence electrons. The minimum absolute atomic E-state index is 0.00294. The van der Waals surface area contributed by atoms with E-state index < -0.39 is 0 Å². The minimum Gasteiger partial charge on any atom is -0.497 e. The van der Waals surface area contributed by atoms with Gasteiger partial charge in [-0.2, -0.15) is 0 Å². The second-order valence-electron chi connectivity index (χ2n) is 10.1. The van der Waals surface area contributed by atoms with Crippen molar-refractivity contribution in [2.24, 2.45) is 5.41 Å². The number of rotatable bonds is 8. The Labute approximate surface area is 210 Å². The molecule has 0 saturated carbocycles. The highest BCUT2D eigenvalue weighted by Gasteiger charge is 2.36. The molecule has 0 spiro atoms. The van der Waals surface area contributed by atoms with Gasteiger partial charge in [-0.1, -0.05) is 13.0 Å². The van der Waals surface area contributed by atoms with Gasteiger partial charge in [0.25, 0.3) is 0 Å². The molecule has 1 N–H and O–H groups in total. The third-order valence-corrected chi connectivity index (χ3v) is 7.11. The van der Waals surface area contributed by atoms with E-state index in [2.05, 4.69) is 41.1 Å². The van der Waals surface area contributed by atoms with Crippen molar-refractivity contribution in [3.05, 3.63) is 59.5 Å². The normalized spacial score (nSPS) is 20.4. The van der Waals surface area contributed by atoms with E-state index in [0.717, 1.165) is 43.1 Å². The summed E-state index contributed by atoms with van der Waals surface area (Å²) in [5.41, 5.74) is 3.16. The average molecular weight is 493 g/mol. The number of carbonyl (C=O) groups excluding carboxylic acids is 1. The molecule has 2 aliphatic heterocycles. The topological polar surface area (TPSA) is 101 Å². The van der Waals surface area contributed by atoms with Gasteiger partial charge in [-0.15, -0.1) is 10.2 Å². The zero-order chi connectivity index (χ0) is 25.3. The summed E-state index contributed by atoms with van der Waals surface area (Å²) >= 11 is 0. The van der Waals surface area contributed by atoms with Crippen molar-refractivity contribution in [2.75, 3.05) is 39.9 Å². The van der Waals surface area contributed by atoms with Gasteiger partial charge in [-0.05, 0) is 67.4 Å². The SMILES string of the molecule is COc1ccc(-c2nnc(C(=O)N3CC(Oc4ccc(CN5CCC(C)(CO)C5)c(C)c4)C3)o2)cc1. The van der Waals surface area contributed by atoms with Crippen molar-refractivity contribution in [2.45, 2.75) is 32.9 Å². The Hall–Kier alpha value is -3.43. The highest BCUT2D eigenvalue weighted by molar-refractivity contribution is 5.90. The molecule has 5 rings (SSSR count). The Kier molecular flexibility index (Phi) is 6.68. The van der Waals surface area contributed by atoms with E-state index in [9.17, 15) is 9.90 Å². The van der Waals surface area contributed by atoms with Gasteiger partial charge in [0.1, 0.15) is 17.6 Å². The summed E-state index contributed by atoms with van der Waals surface area (Å²) in [6.07, 6.45) is 0.944. The highest BCUT2D eigenvalue weighted by atomic mass is 16.5. The molecule has 0 aliphatic carbocycles. The van der Waals surface area contributed by atoms with Crippen LogP contribution >= 0.6 is 0 Å². The van der Waals surface area contributed by atoms with Crippen molar-refractivity contribution < 1.29 is 23.8 Å². The predicted octanol–water partition coefficient (Wildman–Crippen LogP) is 3.16. The van der Waals surface area contributed by atoms with Crippen molar-refractivity contribution in [3.8, 4) is 23.0 Å². The van der Waals surface area contributed by atoms with Crippen LogP contribution in [0.2, 0.25) is 0 Å². The van der Waals surface area contributed by atoms with Crippen molar-refractivity contribution in [1.82, 2.24) is 20.0 Å². The number of likely N-dealkylation sites (tertiary alicyclic amines) is 2. The fourth-order valence-electron chi connectivity index (χ4n) is 4.72. The molecule has 1 aromatic heterocycles. The average Bonchev–Trinajstić information content (AvgIpc) is 3.50. The number of aryl methyl sites for hydroxylation is 1. The Morgan fingerprint density at radius 1 is 1.17 bits per heavy atom. The predicted molar refractivity (Wildman–Crippen MR) is 133 cm³/mol. The largest absolute Gasteiger partial charge is 0.497 e. The molecule has 2 fully saturated rings. The number of benzene rings is 2. The third kappa shape index (κ3) is 5.08. The van der Waals surface area contributed by atoms with E-state index >= 15 is 0 Å². The smallest absolute Gasteiger partial charge is 0.311 e. The summed E-state index contributed by atoms with van der Waals surface area (Å²) in [5, 5.41) is 17.5. The van der Waals surface area contributed by atoms with Gasteiger partial charge in [0.05, 0.1) is 20.2 Å². The maximum Gasteiger partial charge on any atom is 0.311 e. The van der Waals surface area contributed by atoms with Crippen LogP contribution in [0.15, 0.2) is 46.9 Å². The number of hydrogen-bond donors (Lipinski definition) is 1. The van der Waals surface area contributed by atoms with Crippen LogP contribution in [-0.4, -0.2) is 77.0 Å². The number of aliphatic hydroxyl groups is 1. The number of methoxy groups -OCH3 is 1. The van der Waals surface area contributed by atoms with Crippen LogP contribution in [0, 0.1) is 12.3 Å². The maximum atomic E-state index is 12.7. The van der Waals surface area contributed by atoms with Crippen LogP contribution in [0.5, 0.6) is 11.5 Å². The van der Waals surface area contributed by atoms with Crippen molar-refractivity contribution in [3.63, 3.8) is 0 Å². The number of amides is 1. The fourth-order valence-corrected chi connectivity index (χ4v) is 4.72. The quantitative estimate of drug-likeness (QED) is 0.512. The Morgan fingerprint density at radius 2 is 1.92 bits per heavy atom. The first kappa shape index (κ1) is 24.3. The summed E-state index contributed by atoms with van der Waals surface area (Å²) in [5.74, 6) is 1.49. The van der Waals surface area contributed by atoms with E-state index in [1.807, 2.05) is 6.07 Å². The number of carbonyl (C=O) groups is 1. The fraction of sp³-hybridized carbons (Fsp3) is 0.444. The summed E-state index contributed by atoms with van der Waals surface area (Å²) in [6.45, 7) is 8.18. The molecule has 1 amide bonds. The lowest BCUT2D eigenvalue weighted by molar-refractivity contribution is 0.0149. The van der Waals surface area contributed by atoms with Gasteiger partial charge in [0.15, 0.2) is 0 Å². The van der Waals surface area contributed by atoms with Gasteiger partial charge in [-0.3, -0.25) is 9.69 Å². The Balaban J connectivity index is 1.12. The van der Waals surface area contributed by atoms with Gasteiger partial charge in [0, 0.05) is 30.7 Å². The van der Waals surface area contributed by atoms with E-state index in [4.69, 9.17) is 13.9 Å². The second kappa shape index (κ2) is 9.91. The number of ether oxygens (including phenoxy) is 2. The Bertz CT molecular complexity index is 1220. The monoisotopic (exact) mass is 492 g/mol. The van der Waals surface area contributed by atoms with Crippen LogP contribution < -0.4 is 9.47 Å². The lowest BCUT2D eigenvalue weighted by Gasteiger charge is -2.38. The summed E-state index contributed by atoms with van der Waals surface area (Å²) in [7, 11) is 1.60.